The van der Waals surface area contributed by atoms with Gasteiger partial charge in [-0.05, 0) is 35.8 Å². The second-order valence-corrected chi connectivity index (χ2v) is 5.73. The highest BCUT2D eigenvalue weighted by molar-refractivity contribution is 5.22. The van der Waals surface area contributed by atoms with Gasteiger partial charge < -0.3 is 11.1 Å². The molecule has 3 atom stereocenters. The summed E-state index contributed by atoms with van der Waals surface area (Å²) in [4.78, 5) is 0. The van der Waals surface area contributed by atoms with E-state index in [0.29, 0.717) is 11.8 Å². The van der Waals surface area contributed by atoms with Crippen molar-refractivity contribution < 1.29 is 0 Å². The molecule has 1 fully saturated rings. The molecule has 0 saturated carbocycles. The van der Waals surface area contributed by atoms with E-state index in [1.807, 2.05) is 0 Å². The van der Waals surface area contributed by atoms with Crippen LogP contribution in [0.1, 0.15) is 23.5 Å². The number of hydrogen-bond donors (Lipinski definition) is 2. The Hall–Kier alpha value is -1.64. The minimum atomic E-state index is 0.107. The summed E-state index contributed by atoms with van der Waals surface area (Å²) in [6.07, 6.45) is 2.32. The molecule has 1 saturated heterocycles. The van der Waals surface area contributed by atoms with Crippen molar-refractivity contribution in [1.29, 1.82) is 0 Å². The smallest absolute Gasteiger partial charge is 0.0578 e. The first-order valence-electron chi connectivity index (χ1n) is 7.41. The van der Waals surface area contributed by atoms with E-state index in [9.17, 15) is 0 Å². The molecule has 0 amide bonds. The molecule has 0 radical (unpaired) electrons. The lowest BCUT2D eigenvalue weighted by molar-refractivity contribution is 0.259. The number of nitrogens with one attached hydrogen (secondary N) is 1. The lowest BCUT2D eigenvalue weighted by atomic mass is 9.81. The molecule has 3 N–H and O–H groups in total. The zero-order valence-electron chi connectivity index (χ0n) is 11.7. The Morgan fingerprint density at radius 3 is 2.30 bits per heavy atom. The molecule has 2 aromatic carbocycles. The zero-order chi connectivity index (χ0) is 13.8. The van der Waals surface area contributed by atoms with Gasteiger partial charge in [-0.3, -0.25) is 0 Å². The molecular weight excluding hydrogens is 244 g/mol. The molecule has 1 heterocycles. The summed E-state index contributed by atoms with van der Waals surface area (Å²) in [5, 5.41) is 3.48. The van der Waals surface area contributed by atoms with Crippen LogP contribution in [-0.4, -0.2) is 12.7 Å². The number of benzene rings is 2. The maximum absolute atomic E-state index is 6.26. The topological polar surface area (TPSA) is 38.0 Å². The van der Waals surface area contributed by atoms with Crippen molar-refractivity contribution >= 4 is 0 Å². The van der Waals surface area contributed by atoms with Crippen LogP contribution in [0.2, 0.25) is 0 Å². The van der Waals surface area contributed by atoms with Gasteiger partial charge in [-0.25, -0.2) is 0 Å². The van der Waals surface area contributed by atoms with Crippen LogP contribution in [-0.2, 0) is 6.42 Å². The van der Waals surface area contributed by atoms with Crippen LogP contribution in [0, 0.1) is 5.92 Å². The van der Waals surface area contributed by atoms with Crippen molar-refractivity contribution in [2.24, 2.45) is 11.7 Å². The quantitative estimate of drug-likeness (QED) is 0.896. The second-order valence-electron chi connectivity index (χ2n) is 5.73. The van der Waals surface area contributed by atoms with Gasteiger partial charge in [0, 0.05) is 6.54 Å². The fourth-order valence-electron chi connectivity index (χ4n) is 3.15. The Bertz CT molecular complexity index is 524. The lowest BCUT2D eigenvalue weighted by Crippen LogP contribution is -2.50. The average molecular weight is 266 g/mol. The summed E-state index contributed by atoms with van der Waals surface area (Å²) < 4.78 is 0. The van der Waals surface area contributed by atoms with Gasteiger partial charge in [0.25, 0.3) is 0 Å². The predicted molar refractivity (Wildman–Crippen MR) is 83.4 cm³/mol. The van der Waals surface area contributed by atoms with Crippen molar-refractivity contribution in [2.75, 3.05) is 6.54 Å². The second kappa shape index (κ2) is 6.21. The monoisotopic (exact) mass is 266 g/mol. The molecule has 3 unspecified atom stereocenters. The summed E-state index contributed by atoms with van der Waals surface area (Å²) in [6, 6.07) is 21.4. The van der Waals surface area contributed by atoms with Gasteiger partial charge in [-0.15, -0.1) is 0 Å². The van der Waals surface area contributed by atoms with Gasteiger partial charge >= 0.3 is 0 Å². The van der Waals surface area contributed by atoms with Gasteiger partial charge in [0.05, 0.1) is 6.17 Å². The molecule has 0 bridgehead atoms. The molecule has 1 aliphatic rings. The van der Waals surface area contributed by atoms with E-state index in [-0.39, 0.29) is 6.17 Å². The van der Waals surface area contributed by atoms with E-state index >= 15 is 0 Å². The fraction of sp³-hybridized carbons (Fsp3) is 0.333. The number of rotatable bonds is 3. The average Bonchev–Trinajstić information content (AvgIpc) is 2.51. The summed E-state index contributed by atoms with van der Waals surface area (Å²) in [6.45, 7) is 0.983. The van der Waals surface area contributed by atoms with Gasteiger partial charge in [-0.1, -0.05) is 60.7 Å². The van der Waals surface area contributed by atoms with E-state index in [1.54, 1.807) is 0 Å². The van der Waals surface area contributed by atoms with E-state index in [1.165, 1.54) is 11.1 Å². The molecule has 3 rings (SSSR count). The summed E-state index contributed by atoms with van der Waals surface area (Å²) >= 11 is 0. The van der Waals surface area contributed by atoms with Crippen molar-refractivity contribution in [3.05, 3.63) is 71.8 Å². The van der Waals surface area contributed by atoms with Gasteiger partial charge in [0.2, 0.25) is 0 Å². The van der Waals surface area contributed by atoms with Crippen LogP contribution in [0.5, 0.6) is 0 Å². The first-order chi connectivity index (χ1) is 9.83. The number of nitrogens with two attached hydrogens (primary N) is 1. The largest absolute Gasteiger partial charge is 0.316 e. The lowest BCUT2D eigenvalue weighted by Gasteiger charge is -2.35. The standard InChI is InChI=1S/C18H22N2/c19-18-16(11-14-7-3-1-4-8-14)12-17(13-20-18)15-9-5-2-6-10-15/h1-10,16-18,20H,11-13,19H2. The van der Waals surface area contributed by atoms with Crippen LogP contribution < -0.4 is 11.1 Å². The Kier molecular flexibility index (Phi) is 4.14. The van der Waals surface area contributed by atoms with Crippen molar-refractivity contribution in [3.8, 4) is 0 Å². The van der Waals surface area contributed by atoms with Crippen LogP contribution >= 0.6 is 0 Å². The number of piperidine rings is 1. The predicted octanol–water partition coefficient (Wildman–Crippen LogP) is 2.91. The Morgan fingerprint density at radius 1 is 0.950 bits per heavy atom. The highest BCUT2D eigenvalue weighted by atomic mass is 15.0. The third-order valence-electron chi connectivity index (χ3n) is 4.31. The van der Waals surface area contributed by atoms with Gasteiger partial charge in [0.15, 0.2) is 0 Å². The number of hydrogen-bond acceptors (Lipinski definition) is 2. The van der Waals surface area contributed by atoms with E-state index in [0.717, 1.165) is 19.4 Å². The van der Waals surface area contributed by atoms with Gasteiger partial charge in [-0.2, -0.15) is 0 Å². The molecule has 2 aromatic rings. The van der Waals surface area contributed by atoms with Crippen LogP contribution in [0.4, 0.5) is 0 Å². The highest BCUT2D eigenvalue weighted by Gasteiger charge is 2.28. The van der Waals surface area contributed by atoms with Crippen molar-refractivity contribution in [3.63, 3.8) is 0 Å². The Morgan fingerprint density at radius 2 is 1.60 bits per heavy atom. The van der Waals surface area contributed by atoms with E-state index in [2.05, 4.69) is 66.0 Å². The molecule has 0 aliphatic carbocycles. The SMILES string of the molecule is NC1NCC(c2ccccc2)CC1Cc1ccccc1. The maximum atomic E-state index is 6.26. The Labute approximate surface area is 121 Å². The van der Waals surface area contributed by atoms with Crippen LogP contribution in [0.3, 0.4) is 0 Å². The van der Waals surface area contributed by atoms with Crippen LogP contribution in [0.25, 0.3) is 0 Å². The minimum absolute atomic E-state index is 0.107. The molecule has 0 aromatic heterocycles. The minimum Gasteiger partial charge on any atom is -0.316 e. The maximum Gasteiger partial charge on any atom is 0.0578 e. The third-order valence-corrected chi connectivity index (χ3v) is 4.31. The molecule has 2 heteroatoms. The highest BCUT2D eigenvalue weighted by Crippen LogP contribution is 2.29. The van der Waals surface area contributed by atoms with E-state index in [4.69, 9.17) is 5.73 Å². The normalized spacial score (nSPS) is 26.4. The molecule has 1 aliphatic heterocycles. The molecule has 104 valence electrons. The first-order valence-corrected chi connectivity index (χ1v) is 7.41. The van der Waals surface area contributed by atoms with Gasteiger partial charge in [0.1, 0.15) is 0 Å². The molecule has 20 heavy (non-hydrogen) atoms. The Balaban J connectivity index is 1.71. The molecule has 2 nitrogen and oxygen atoms in total. The molecule has 0 spiro atoms. The fourth-order valence-corrected chi connectivity index (χ4v) is 3.15. The van der Waals surface area contributed by atoms with Crippen LogP contribution in [0.15, 0.2) is 60.7 Å². The summed E-state index contributed by atoms with van der Waals surface area (Å²) in [7, 11) is 0. The summed E-state index contributed by atoms with van der Waals surface area (Å²) in [5.41, 5.74) is 9.06. The summed E-state index contributed by atoms with van der Waals surface area (Å²) in [5.74, 6) is 1.07. The van der Waals surface area contributed by atoms with Crippen molar-refractivity contribution in [1.82, 2.24) is 5.32 Å². The van der Waals surface area contributed by atoms with E-state index < -0.39 is 0 Å². The zero-order valence-corrected chi connectivity index (χ0v) is 11.7. The third kappa shape index (κ3) is 3.09. The molecular formula is C18H22N2. The first kappa shape index (κ1) is 13.3. The van der Waals surface area contributed by atoms with Crippen molar-refractivity contribution in [2.45, 2.75) is 24.9 Å².